The van der Waals surface area contributed by atoms with E-state index in [1.807, 2.05) is 32.0 Å². The van der Waals surface area contributed by atoms with Gasteiger partial charge in [0.15, 0.2) is 17.6 Å². The lowest BCUT2D eigenvalue weighted by Gasteiger charge is -2.19. The molecule has 0 aromatic heterocycles. The van der Waals surface area contributed by atoms with Crippen LogP contribution in [-0.4, -0.2) is 32.2 Å². The Kier molecular flexibility index (Phi) is 7.02. The maximum atomic E-state index is 12.0. The highest BCUT2D eigenvalue weighted by Gasteiger charge is 2.19. The van der Waals surface area contributed by atoms with Crippen molar-refractivity contribution in [3.63, 3.8) is 0 Å². The molecule has 21 heavy (non-hydrogen) atoms. The van der Waals surface area contributed by atoms with Crippen LogP contribution < -0.4 is 20.5 Å². The predicted molar refractivity (Wildman–Crippen MR) is 83.7 cm³/mol. The van der Waals surface area contributed by atoms with E-state index in [1.165, 1.54) is 0 Å². The molecule has 0 aliphatic heterocycles. The Labute approximate surface area is 126 Å². The summed E-state index contributed by atoms with van der Waals surface area (Å²) >= 11 is 0. The van der Waals surface area contributed by atoms with Crippen LogP contribution in [0.1, 0.15) is 26.3 Å². The molecule has 0 radical (unpaired) electrons. The number of methoxy groups -OCH3 is 1. The van der Waals surface area contributed by atoms with Crippen LogP contribution >= 0.6 is 0 Å². The van der Waals surface area contributed by atoms with Gasteiger partial charge in [0.1, 0.15) is 0 Å². The van der Waals surface area contributed by atoms with E-state index >= 15 is 0 Å². The first-order chi connectivity index (χ1) is 9.99. The number of carbonyl (C=O) groups excluding carboxylic acids is 1. The fourth-order valence-corrected chi connectivity index (χ4v) is 1.89. The van der Waals surface area contributed by atoms with Gasteiger partial charge < -0.3 is 20.5 Å². The van der Waals surface area contributed by atoms with Gasteiger partial charge in [0, 0.05) is 6.54 Å². The van der Waals surface area contributed by atoms with Gasteiger partial charge in [-0.15, -0.1) is 0 Å². The Morgan fingerprint density at radius 2 is 2.05 bits per heavy atom. The normalized spacial score (nSPS) is 12.1. The molecule has 118 valence electrons. The van der Waals surface area contributed by atoms with Crippen molar-refractivity contribution in [1.82, 2.24) is 5.32 Å². The Balaban J connectivity index is 2.82. The minimum Gasteiger partial charge on any atom is -0.493 e. The molecular formula is C16H26N2O3. The molecule has 1 atom stereocenters. The van der Waals surface area contributed by atoms with Gasteiger partial charge >= 0.3 is 0 Å². The second kappa shape index (κ2) is 8.52. The Bertz CT molecular complexity index is 461. The van der Waals surface area contributed by atoms with Gasteiger partial charge in [-0.25, -0.2) is 0 Å². The summed E-state index contributed by atoms with van der Waals surface area (Å²) in [4.78, 5) is 12.0. The van der Waals surface area contributed by atoms with Crippen molar-refractivity contribution in [2.24, 2.45) is 11.7 Å². The van der Waals surface area contributed by atoms with Crippen molar-refractivity contribution in [2.75, 3.05) is 20.2 Å². The zero-order valence-corrected chi connectivity index (χ0v) is 13.3. The van der Waals surface area contributed by atoms with Crippen LogP contribution in [0.3, 0.4) is 0 Å². The van der Waals surface area contributed by atoms with Crippen LogP contribution in [0.25, 0.3) is 0 Å². The fourth-order valence-electron chi connectivity index (χ4n) is 1.89. The summed E-state index contributed by atoms with van der Waals surface area (Å²) < 4.78 is 11.1. The number of ether oxygens (including phenoxy) is 2. The second-order valence-electron chi connectivity index (χ2n) is 5.39. The third-order valence-electron chi connectivity index (χ3n) is 3.04. The minimum atomic E-state index is -0.587. The number of benzene rings is 1. The Morgan fingerprint density at radius 1 is 1.33 bits per heavy atom. The number of para-hydroxylation sites is 1. The molecule has 5 heteroatoms. The molecule has 1 rings (SSSR count). The molecule has 0 heterocycles. The first-order valence-corrected chi connectivity index (χ1v) is 7.29. The summed E-state index contributed by atoms with van der Waals surface area (Å²) in [5.41, 5.74) is 6.56. The number of carbonyl (C=O) groups is 1. The number of hydrogen-bond donors (Lipinski definition) is 2. The van der Waals surface area contributed by atoms with Crippen molar-refractivity contribution in [1.29, 1.82) is 0 Å². The van der Waals surface area contributed by atoms with Gasteiger partial charge in [0.2, 0.25) is 0 Å². The van der Waals surface area contributed by atoms with Gasteiger partial charge in [0.05, 0.1) is 7.11 Å². The van der Waals surface area contributed by atoms with Crippen molar-refractivity contribution in [3.05, 3.63) is 23.8 Å². The van der Waals surface area contributed by atoms with Gasteiger partial charge in [-0.3, -0.25) is 4.79 Å². The van der Waals surface area contributed by atoms with Crippen LogP contribution in [0.15, 0.2) is 18.2 Å². The number of amides is 1. The lowest BCUT2D eigenvalue weighted by Crippen LogP contribution is -2.38. The Hall–Kier alpha value is -1.75. The van der Waals surface area contributed by atoms with Crippen molar-refractivity contribution in [2.45, 2.75) is 33.3 Å². The largest absolute Gasteiger partial charge is 0.493 e. The number of rotatable bonds is 8. The molecule has 0 aliphatic rings. The topological polar surface area (TPSA) is 73.6 Å². The molecule has 3 N–H and O–H groups in total. The van der Waals surface area contributed by atoms with Crippen molar-refractivity contribution < 1.29 is 14.3 Å². The Morgan fingerprint density at radius 3 is 2.62 bits per heavy atom. The van der Waals surface area contributed by atoms with Crippen molar-refractivity contribution in [3.8, 4) is 11.5 Å². The molecule has 1 unspecified atom stereocenters. The molecule has 0 spiro atoms. The first-order valence-electron chi connectivity index (χ1n) is 7.29. The van der Waals surface area contributed by atoms with Gasteiger partial charge in [-0.05, 0) is 37.4 Å². The van der Waals surface area contributed by atoms with E-state index in [1.54, 1.807) is 14.0 Å². The molecule has 5 nitrogen and oxygen atoms in total. The van der Waals surface area contributed by atoms with E-state index in [-0.39, 0.29) is 5.91 Å². The average Bonchev–Trinajstić information content (AvgIpc) is 2.46. The lowest BCUT2D eigenvalue weighted by molar-refractivity contribution is -0.127. The first kappa shape index (κ1) is 17.3. The predicted octanol–water partition coefficient (Wildman–Crippen LogP) is 1.74. The van der Waals surface area contributed by atoms with E-state index in [4.69, 9.17) is 15.2 Å². The van der Waals surface area contributed by atoms with Crippen LogP contribution in [0, 0.1) is 5.92 Å². The fraction of sp³-hybridized carbons (Fsp3) is 0.562. The average molecular weight is 294 g/mol. The molecule has 0 saturated carbocycles. The molecule has 0 aliphatic carbocycles. The maximum absolute atomic E-state index is 12.0. The van der Waals surface area contributed by atoms with E-state index in [2.05, 4.69) is 5.32 Å². The van der Waals surface area contributed by atoms with Crippen LogP contribution in [0.5, 0.6) is 11.5 Å². The minimum absolute atomic E-state index is 0.131. The third-order valence-corrected chi connectivity index (χ3v) is 3.04. The molecule has 1 amide bonds. The van der Waals surface area contributed by atoms with E-state index in [0.29, 0.717) is 36.9 Å². The summed E-state index contributed by atoms with van der Waals surface area (Å²) in [6.07, 6.45) is 0.0870. The van der Waals surface area contributed by atoms with Crippen LogP contribution in [0.4, 0.5) is 0 Å². The highest BCUT2D eigenvalue weighted by molar-refractivity contribution is 5.80. The highest BCUT2D eigenvalue weighted by Crippen LogP contribution is 2.32. The monoisotopic (exact) mass is 294 g/mol. The van der Waals surface area contributed by atoms with E-state index in [9.17, 15) is 4.79 Å². The van der Waals surface area contributed by atoms with E-state index < -0.39 is 6.10 Å². The SMILES string of the molecule is COc1cccc(CCN)c1OC(C)C(=O)NCC(C)C. The summed E-state index contributed by atoms with van der Waals surface area (Å²) in [6.45, 7) is 6.97. The van der Waals surface area contributed by atoms with Gasteiger partial charge in [0.25, 0.3) is 5.91 Å². The van der Waals surface area contributed by atoms with Gasteiger partial charge in [-0.2, -0.15) is 0 Å². The van der Waals surface area contributed by atoms with Crippen LogP contribution in [0.2, 0.25) is 0 Å². The second-order valence-corrected chi connectivity index (χ2v) is 5.39. The zero-order valence-electron chi connectivity index (χ0n) is 13.3. The molecule has 0 bridgehead atoms. The van der Waals surface area contributed by atoms with Gasteiger partial charge in [-0.1, -0.05) is 26.0 Å². The van der Waals surface area contributed by atoms with Crippen molar-refractivity contribution >= 4 is 5.91 Å². The summed E-state index contributed by atoms with van der Waals surface area (Å²) in [5.74, 6) is 1.48. The highest BCUT2D eigenvalue weighted by atomic mass is 16.5. The standard InChI is InChI=1S/C16H26N2O3/c1-11(2)10-18-16(19)12(3)21-15-13(8-9-17)6-5-7-14(15)20-4/h5-7,11-12H,8-10,17H2,1-4H3,(H,18,19). The zero-order chi connectivity index (χ0) is 15.8. The van der Waals surface area contributed by atoms with Crippen LogP contribution in [-0.2, 0) is 11.2 Å². The molecule has 1 aromatic carbocycles. The molecular weight excluding hydrogens is 268 g/mol. The smallest absolute Gasteiger partial charge is 0.260 e. The number of nitrogens with two attached hydrogens (primary N) is 1. The number of nitrogens with one attached hydrogen (secondary N) is 1. The lowest BCUT2D eigenvalue weighted by atomic mass is 10.1. The summed E-state index contributed by atoms with van der Waals surface area (Å²) in [7, 11) is 1.58. The molecule has 0 fully saturated rings. The number of hydrogen-bond acceptors (Lipinski definition) is 4. The molecule has 1 aromatic rings. The third kappa shape index (κ3) is 5.27. The summed E-state index contributed by atoms with van der Waals surface area (Å²) in [6, 6.07) is 5.64. The quantitative estimate of drug-likeness (QED) is 0.766. The van der Waals surface area contributed by atoms with E-state index in [0.717, 1.165) is 5.56 Å². The summed E-state index contributed by atoms with van der Waals surface area (Å²) in [5, 5.41) is 2.86. The molecule has 0 saturated heterocycles. The maximum Gasteiger partial charge on any atom is 0.260 e.